The van der Waals surface area contributed by atoms with Crippen molar-refractivity contribution in [3.63, 3.8) is 0 Å². The molecule has 2 heterocycles. The van der Waals surface area contributed by atoms with Crippen molar-refractivity contribution in [2.45, 2.75) is 25.3 Å². The van der Waals surface area contributed by atoms with Crippen LogP contribution in [0.1, 0.15) is 19.3 Å². The van der Waals surface area contributed by atoms with Gasteiger partial charge in [0.2, 0.25) is 5.91 Å². The molecule has 5 nitrogen and oxygen atoms in total. The van der Waals surface area contributed by atoms with E-state index in [1.165, 1.54) is 0 Å². The van der Waals surface area contributed by atoms with Crippen LogP contribution in [0.5, 0.6) is 0 Å². The molecule has 2 aliphatic heterocycles. The summed E-state index contributed by atoms with van der Waals surface area (Å²) in [7, 11) is 4.10. The lowest BCUT2D eigenvalue weighted by Crippen LogP contribution is -2.44. The van der Waals surface area contributed by atoms with Gasteiger partial charge < -0.3 is 20.0 Å². The number of carbonyl (C=O) groups excluding carboxylic acids is 1. The molecule has 1 N–H and O–H groups in total. The number of amides is 1. The molecule has 0 aromatic rings. The van der Waals surface area contributed by atoms with E-state index in [2.05, 4.69) is 22.2 Å². The summed E-state index contributed by atoms with van der Waals surface area (Å²) in [5.74, 6) is 0.315. The van der Waals surface area contributed by atoms with Crippen LogP contribution in [0.15, 0.2) is 0 Å². The van der Waals surface area contributed by atoms with Gasteiger partial charge in [0.15, 0.2) is 0 Å². The maximum Gasteiger partial charge on any atom is 0.222 e. The molecule has 19 heavy (non-hydrogen) atoms. The molecule has 110 valence electrons. The molecule has 2 aliphatic rings. The van der Waals surface area contributed by atoms with Crippen LogP contribution < -0.4 is 5.32 Å². The summed E-state index contributed by atoms with van der Waals surface area (Å²) in [4.78, 5) is 18.9. The van der Waals surface area contributed by atoms with E-state index in [-0.39, 0.29) is 0 Å². The molecule has 0 bridgehead atoms. The van der Waals surface area contributed by atoms with Crippen molar-refractivity contribution in [2.75, 3.05) is 59.9 Å². The maximum absolute atomic E-state index is 12.2. The number of hydrogen-bond donors (Lipinski definition) is 1. The normalized spacial score (nSPS) is 25.7. The van der Waals surface area contributed by atoms with E-state index in [1.807, 2.05) is 11.9 Å². The first-order chi connectivity index (χ1) is 9.16. The molecule has 0 saturated carbocycles. The Morgan fingerprint density at radius 3 is 2.68 bits per heavy atom. The van der Waals surface area contributed by atoms with E-state index in [1.54, 1.807) is 0 Å². The van der Waals surface area contributed by atoms with Crippen molar-refractivity contribution in [2.24, 2.45) is 0 Å². The van der Waals surface area contributed by atoms with Gasteiger partial charge in [0.05, 0.1) is 0 Å². The molecule has 1 unspecified atom stereocenters. The van der Waals surface area contributed by atoms with Crippen LogP contribution in [0.3, 0.4) is 0 Å². The van der Waals surface area contributed by atoms with Gasteiger partial charge in [0, 0.05) is 52.2 Å². The van der Waals surface area contributed by atoms with Crippen LogP contribution in [-0.4, -0.2) is 86.6 Å². The third-order valence-corrected chi connectivity index (χ3v) is 4.38. The second kappa shape index (κ2) is 7.22. The molecule has 0 spiro atoms. The largest absolute Gasteiger partial charge is 0.341 e. The molecule has 0 aromatic heterocycles. The summed E-state index contributed by atoms with van der Waals surface area (Å²) in [6.45, 7) is 7.62. The van der Waals surface area contributed by atoms with Gasteiger partial charge in [-0.3, -0.25) is 4.79 Å². The van der Waals surface area contributed by atoms with Gasteiger partial charge in [-0.05, 0) is 33.0 Å². The van der Waals surface area contributed by atoms with E-state index in [4.69, 9.17) is 0 Å². The number of nitrogens with zero attached hydrogens (tertiary/aromatic N) is 3. The number of likely N-dealkylation sites (tertiary alicyclic amines) is 1. The number of carbonyl (C=O) groups is 1. The second-order valence-corrected chi connectivity index (χ2v) is 5.90. The Morgan fingerprint density at radius 2 is 2.05 bits per heavy atom. The fourth-order valence-corrected chi connectivity index (χ4v) is 3.00. The summed E-state index contributed by atoms with van der Waals surface area (Å²) in [5.41, 5.74) is 0. The van der Waals surface area contributed by atoms with Crippen LogP contribution in [0.4, 0.5) is 0 Å². The van der Waals surface area contributed by atoms with Gasteiger partial charge in [0.25, 0.3) is 0 Å². The molecular weight excluding hydrogens is 240 g/mol. The Bertz CT molecular complexity index is 291. The van der Waals surface area contributed by atoms with E-state index < -0.39 is 0 Å². The van der Waals surface area contributed by atoms with Crippen molar-refractivity contribution in [1.82, 2.24) is 20.0 Å². The SMILES string of the molecule is CN1CCC(N(C)C(=O)CCCN2CCNCC2)C1. The molecule has 0 radical (unpaired) electrons. The van der Waals surface area contributed by atoms with Crippen LogP contribution >= 0.6 is 0 Å². The average molecular weight is 268 g/mol. The zero-order valence-corrected chi connectivity index (χ0v) is 12.4. The molecule has 1 amide bonds. The molecule has 2 rings (SSSR count). The first-order valence-electron chi connectivity index (χ1n) is 7.54. The predicted octanol–water partition coefficient (Wildman–Crippen LogP) is -0.166. The smallest absolute Gasteiger partial charge is 0.222 e. The first kappa shape index (κ1) is 14.8. The highest BCUT2D eigenvalue weighted by Gasteiger charge is 2.26. The molecular formula is C14H28N4O. The highest BCUT2D eigenvalue weighted by atomic mass is 16.2. The van der Waals surface area contributed by atoms with E-state index in [9.17, 15) is 4.79 Å². The van der Waals surface area contributed by atoms with Gasteiger partial charge in [-0.15, -0.1) is 0 Å². The summed E-state index contributed by atoms with van der Waals surface area (Å²) >= 11 is 0. The van der Waals surface area contributed by atoms with Crippen LogP contribution in [0, 0.1) is 0 Å². The fraction of sp³-hybridized carbons (Fsp3) is 0.929. The zero-order chi connectivity index (χ0) is 13.7. The zero-order valence-electron chi connectivity index (χ0n) is 12.4. The van der Waals surface area contributed by atoms with Crippen LogP contribution in [0.2, 0.25) is 0 Å². The van der Waals surface area contributed by atoms with Crippen LogP contribution in [-0.2, 0) is 4.79 Å². The highest BCUT2D eigenvalue weighted by molar-refractivity contribution is 5.76. The quantitative estimate of drug-likeness (QED) is 0.752. The Morgan fingerprint density at radius 1 is 1.32 bits per heavy atom. The van der Waals surface area contributed by atoms with Crippen LogP contribution in [0.25, 0.3) is 0 Å². The summed E-state index contributed by atoms with van der Waals surface area (Å²) in [6.07, 6.45) is 2.81. The fourth-order valence-electron chi connectivity index (χ4n) is 3.00. The van der Waals surface area contributed by atoms with Crippen molar-refractivity contribution in [3.8, 4) is 0 Å². The standard InChI is InChI=1S/C14H28N4O/c1-16-9-5-13(12-16)17(2)14(19)4-3-8-18-10-6-15-7-11-18/h13,15H,3-12H2,1-2H3. The van der Waals surface area contributed by atoms with E-state index in [0.29, 0.717) is 18.4 Å². The average Bonchev–Trinajstić information content (AvgIpc) is 2.85. The summed E-state index contributed by atoms with van der Waals surface area (Å²) < 4.78 is 0. The third-order valence-electron chi connectivity index (χ3n) is 4.38. The molecule has 2 saturated heterocycles. The Kier molecular flexibility index (Phi) is 5.60. The molecule has 2 fully saturated rings. The second-order valence-electron chi connectivity index (χ2n) is 5.90. The van der Waals surface area contributed by atoms with Gasteiger partial charge in [-0.2, -0.15) is 0 Å². The summed E-state index contributed by atoms with van der Waals surface area (Å²) in [6, 6.07) is 0.427. The molecule has 1 atom stereocenters. The van der Waals surface area contributed by atoms with Gasteiger partial charge in [-0.25, -0.2) is 0 Å². The first-order valence-corrected chi connectivity index (χ1v) is 7.54. The topological polar surface area (TPSA) is 38.8 Å². The lowest BCUT2D eigenvalue weighted by molar-refractivity contribution is -0.131. The predicted molar refractivity (Wildman–Crippen MR) is 77.2 cm³/mol. The minimum atomic E-state index is 0.315. The lowest BCUT2D eigenvalue weighted by Gasteiger charge is -2.28. The number of nitrogens with one attached hydrogen (secondary N) is 1. The minimum Gasteiger partial charge on any atom is -0.341 e. The molecule has 5 heteroatoms. The minimum absolute atomic E-state index is 0.315. The number of piperazine rings is 1. The number of likely N-dealkylation sites (N-methyl/N-ethyl adjacent to an activating group) is 2. The lowest BCUT2D eigenvalue weighted by atomic mass is 10.2. The molecule has 0 aromatic carbocycles. The van der Waals surface area contributed by atoms with Gasteiger partial charge in [0.1, 0.15) is 0 Å². The van der Waals surface area contributed by atoms with Gasteiger partial charge in [-0.1, -0.05) is 0 Å². The van der Waals surface area contributed by atoms with Crippen molar-refractivity contribution in [1.29, 1.82) is 0 Å². The van der Waals surface area contributed by atoms with E-state index in [0.717, 1.165) is 58.7 Å². The van der Waals surface area contributed by atoms with Crippen molar-refractivity contribution >= 4 is 5.91 Å². The Hall–Kier alpha value is -0.650. The Balaban J connectivity index is 1.63. The van der Waals surface area contributed by atoms with E-state index >= 15 is 0 Å². The van der Waals surface area contributed by atoms with Crippen molar-refractivity contribution < 1.29 is 4.79 Å². The third kappa shape index (κ3) is 4.44. The van der Waals surface area contributed by atoms with Gasteiger partial charge >= 0.3 is 0 Å². The van der Waals surface area contributed by atoms with Crippen molar-refractivity contribution in [3.05, 3.63) is 0 Å². The number of hydrogen-bond acceptors (Lipinski definition) is 4. The molecule has 0 aliphatic carbocycles. The number of rotatable bonds is 5. The highest BCUT2D eigenvalue weighted by Crippen LogP contribution is 2.14. The Labute approximate surface area is 116 Å². The summed E-state index contributed by atoms with van der Waals surface area (Å²) in [5, 5.41) is 3.35. The maximum atomic E-state index is 12.2. The monoisotopic (exact) mass is 268 g/mol.